The maximum absolute atomic E-state index is 12.5. The molecule has 1 amide bonds. The molecular formula is C17H17Cl2N5O. The zero-order valence-corrected chi connectivity index (χ0v) is 15.3. The second-order valence-corrected chi connectivity index (χ2v) is 6.41. The maximum Gasteiger partial charge on any atom is 0.276 e. The third-order valence-electron chi connectivity index (χ3n) is 3.78. The van der Waals surface area contributed by atoms with Gasteiger partial charge in [-0.15, -0.1) is 0 Å². The molecule has 2 aromatic heterocycles. The molecule has 0 aliphatic heterocycles. The largest absolute Gasteiger partial charge is 0.304 e. The number of aromatic nitrogens is 4. The van der Waals surface area contributed by atoms with Crippen molar-refractivity contribution in [2.45, 2.75) is 26.9 Å². The average molecular weight is 378 g/mol. The number of carbonyl (C=O) groups is 1. The third kappa shape index (κ3) is 3.86. The minimum absolute atomic E-state index is 0.316. The van der Waals surface area contributed by atoms with Gasteiger partial charge in [0.25, 0.3) is 5.91 Å². The number of nitrogens with one attached hydrogen (secondary N) is 1. The van der Waals surface area contributed by atoms with E-state index in [2.05, 4.69) is 15.5 Å². The number of benzene rings is 1. The van der Waals surface area contributed by atoms with Crippen LogP contribution in [0, 0.1) is 6.92 Å². The molecule has 0 fully saturated rings. The summed E-state index contributed by atoms with van der Waals surface area (Å²) >= 11 is 12.0. The predicted octanol–water partition coefficient (Wildman–Crippen LogP) is 4.02. The number of aryl methyl sites for hydroxylation is 2. The van der Waals surface area contributed by atoms with Gasteiger partial charge in [-0.2, -0.15) is 10.2 Å². The number of hydrogen-bond acceptors (Lipinski definition) is 3. The van der Waals surface area contributed by atoms with Crippen LogP contribution in [0.1, 0.15) is 28.7 Å². The number of carbonyl (C=O) groups excluding carboxylic acids is 1. The van der Waals surface area contributed by atoms with Crippen molar-refractivity contribution in [1.82, 2.24) is 19.6 Å². The lowest BCUT2D eigenvalue weighted by molar-refractivity contribution is 0.101. The van der Waals surface area contributed by atoms with Gasteiger partial charge in [-0.25, -0.2) is 0 Å². The van der Waals surface area contributed by atoms with E-state index < -0.39 is 0 Å². The van der Waals surface area contributed by atoms with Crippen LogP contribution in [0.25, 0.3) is 0 Å². The fourth-order valence-corrected chi connectivity index (χ4v) is 2.85. The van der Waals surface area contributed by atoms with Crippen molar-refractivity contribution in [2.75, 3.05) is 5.32 Å². The third-order valence-corrected chi connectivity index (χ3v) is 4.31. The Kier molecular flexibility index (Phi) is 5.11. The SMILES string of the molecule is CCn1ncc(Cl)c1C(=O)Nc1cc(C)n(Cc2ccc(Cl)cc2)n1. The number of rotatable bonds is 5. The monoisotopic (exact) mass is 377 g/mol. The van der Waals surface area contributed by atoms with E-state index >= 15 is 0 Å². The van der Waals surface area contributed by atoms with Crippen molar-refractivity contribution in [3.63, 3.8) is 0 Å². The number of halogens is 2. The van der Waals surface area contributed by atoms with Crippen molar-refractivity contribution in [3.8, 4) is 0 Å². The molecule has 6 nitrogen and oxygen atoms in total. The highest BCUT2D eigenvalue weighted by atomic mass is 35.5. The first-order valence-corrected chi connectivity index (χ1v) is 8.55. The summed E-state index contributed by atoms with van der Waals surface area (Å²) in [6, 6.07) is 9.38. The molecule has 0 spiro atoms. The van der Waals surface area contributed by atoms with E-state index in [1.807, 2.05) is 48.9 Å². The lowest BCUT2D eigenvalue weighted by Gasteiger charge is -2.06. The second-order valence-electron chi connectivity index (χ2n) is 5.57. The molecule has 0 aliphatic carbocycles. The van der Waals surface area contributed by atoms with Crippen LogP contribution in [0.4, 0.5) is 5.82 Å². The van der Waals surface area contributed by atoms with Crippen LogP contribution < -0.4 is 5.32 Å². The Morgan fingerprint density at radius 1 is 1.20 bits per heavy atom. The predicted molar refractivity (Wildman–Crippen MR) is 98.4 cm³/mol. The van der Waals surface area contributed by atoms with Gasteiger partial charge in [0, 0.05) is 23.3 Å². The molecule has 0 aliphatic rings. The highest BCUT2D eigenvalue weighted by Crippen LogP contribution is 2.18. The Morgan fingerprint density at radius 3 is 2.60 bits per heavy atom. The van der Waals surface area contributed by atoms with Crippen LogP contribution >= 0.6 is 23.2 Å². The van der Waals surface area contributed by atoms with Crippen molar-refractivity contribution in [3.05, 3.63) is 63.5 Å². The first-order chi connectivity index (χ1) is 12.0. The van der Waals surface area contributed by atoms with E-state index in [1.54, 1.807) is 4.68 Å². The van der Waals surface area contributed by atoms with Gasteiger partial charge in [0.15, 0.2) is 5.82 Å². The fourth-order valence-electron chi connectivity index (χ4n) is 2.50. The van der Waals surface area contributed by atoms with Gasteiger partial charge in [-0.3, -0.25) is 14.2 Å². The highest BCUT2D eigenvalue weighted by Gasteiger charge is 2.18. The maximum atomic E-state index is 12.5. The van der Waals surface area contributed by atoms with Gasteiger partial charge in [0.05, 0.1) is 17.8 Å². The Labute approximate surface area is 155 Å². The van der Waals surface area contributed by atoms with E-state index in [4.69, 9.17) is 23.2 Å². The van der Waals surface area contributed by atoms with Gasteiger partial charge < -0.3 is 5.32 Å². The first kappa shape index (κ1) is 17.5. The Morgan fingerprint density at radius 2 is 1.92 bits per heavy atom. The fraction of sp³-hybridized carbons (Fsp3) is 0.235. The molecule has 0 radical (unpaired) electrons. The van der Waals surface area contributed by atoms with Gasteiger partial charge >= 0.3 is 0 Å². The zero-order chi connectivity index (χ0) is 18.0. The Bertz CT molecular complexity index is 898. The molecular weight excluding hydrogens is 361 g/mol. The van der Waals surface area contributed by atoms with Crippen LogP contribution in [0.3, 0.4) is 0 Å². The van der Waals surface area contributed by atoms with Gasteiger partial charge in [-0.05, 0) is 31.5 Å². The number of anilines is 1. The molecule has 0 bridgehead atoms. The lowest BCUT2D eigenvalue weighted by atomic mass is 10.2. The molecule has 130 valence electrons. The van der Waals surface area contributed by atoms with E-state index in [0.717, 1.165) is 11.3 Å². The van der Waals surface area contributed by atoms with Crippen LogP contribution in [-0.2, 0) is 13.1 Å². The summed E-state index contributed by atoms with van der Waals surface area (Å²) in [6.07, 6.45) is 1.46. The normalized spacial score (nSPS) is 10.9. The topological polar surface area (TPSA) is 64.7 Å². The quantitative estimate of drug-likeness (QED) is 0.730. The summed E-state index contributed by atoms with van der Waals surface area (Å²) in [4.78, 5) is 12.5. The van der Waals surface area contributed by atoms with Gasteiger partial charge in [-0.1, -0.05) is 35.3 Å². The van der Waals surface area contributed by atoms with E-state index in [1.165, 1.54) is 6.20 Å². The standard InChI is InChI=1S/C17H17Cl2N5O/c1-3-23-16(14(19)9-20-23)17(25)21-15-8-11(2)24(22-15)10-12-4-6-13(18)7-5-12/h4-9H,3,10H2,1-2H3,(H,21,22,25). The van der Waals surface area contributed by atoms with E-state index in [-0.39, 0.29) is 5.91 Å². The Hall–Kier alpha value is -2.31. The van der Waals surface area contributed by atoms with Gasteiger partial charge in [0.2, 0.25) is 0 Å². The molecule has 25 heavy (non-hydrogen) atoms. The molecule has 0 unspecified atom stereocenters. The highest BCUT2D eigenvalue weighted by molar-refractivity contribution is 6.34. The number of hydrogen-bond donors (Lipinski definition) is 1. The summed E-state index contributed by atoms with van der Waals surface area (Å²) < 4.78 is 3.37. The van der Waals surface area contributed by atoms with E-state index in [9.17, 15) is 4.79 Å². The summed E-state index contributed by atoms with van der Waals surface area (Å²) in [6.45, 7) is 4.97. The minimum atomic E-state index is -0.333. The smallest absolute Gasteiger partial charge is 0.276 e. The lowest BCUT2D eigenvalue weighted by Crippen LogP contribution is -2.18. The summed E-state index contributed by atoms with van der Waals surface area (Å²) in [5, 5.41) is 12.3. The molecule has 0 saturated heterocycles. The van der Waals surface area contributed by atoms with Crippen molar-refractivity contribution in [2.24, 2.45) is 0 Å². The molecule has 1 aromatic carbocycles. The molecule has 0 atom stereocenters. The molecule has 3 rings (SSSR count). The van der Waals surface area contributed by atoms with Gasteiger partial charge in [0.1, 0.15) is 5.69 Å². The van der Waals surface area contributed by atoms with E-state index in [0.29, 0.717) is 34.6 Å². The second kappa shape index (κ2) is 7.29. The van der Waals surface area contributed by atoms with Crippen LogP contribution in [0.2, 0.25) is 10.0 Å². The molecule has 0 saturated carbocycles. The zero-order valence-electron chi connectivity index (χ0n) is 13.8. The minimum Gasteiger partial charge on any atom is -0.304 e. The summed E-state index contributed by atoms with van der Waals surface area (Å²) in [5.41, 5.74) is 2.33. The van der Waals surface area contributed by atoms with Crippen molar-refractivity contribution >= 4 is 34.9 Å². The molecule has 8 heteroatoms. The molecule has 2 heterocycles. The van der Waals surface area contributed by atoms with Crippen molar-refractivity contribution < 1.29 is 4.79 Å². The number of nitrogens with zero attached hydrogens (tertiary/aromatic N) is 4. The van der Waals surface area contributed by atoms with Crippen molar-refractivity contribution in [1.29, 1.82) is 0 Å². The first-order valence-electron chi connectivity index (χ1n) is 7.79. The summed E-state index contributed by atoms with van der Waals surface area (Å²) in [5.74, 6) is 0.136. The summed E-state index contributed by atoms with van der Waals surface area (Å²) in [7, 11) is 0. The molecule has 3 aromatic rings. The Balaban J connectivity index is 1.77. The average Bonchev–Trinajstić information content (AvgIpc) is 3.12. The van der Waals surface area contributed by atoms with Crippen LogP contribution in [-0.4, -0.2) is 25.5 Å². The number of amides is 1. The van der Waals surface area contributed by atoms with Crippen LogP contribution in [0.5, 0.6) is 0 Å². The molecule has 1 N–H and O–H groups in total. The van der Waals surface area contributed by atoms with Crippen LogP contribution in [0.15, 0.2) is 36.5 Å².